The van der Waals surface area contributed by atoms with Crippen molar-refractivity contribution in [3.8, 4) is 11.1 Å². The smallest absolute Gasteiger partial charge is 0.308 e. The molecule has 0 bridgehead atoms. The van der Waals surface area contributed by atoms with Gasteiger partial charge in [0.15, 0.2) is 0 Å². The molecule has 8 heteroatoms. The van der Waals surface area contributed by atoms with Gasteiger partial charge in [-0.1, -0.05) is 42.5 Å². The number of urea groups is 1. The summed E-state index contributed by atoms with van der Waals surface area (Å²) in [4.78, 5) is 12.4. The number of amides is 2. The lowest BCUT2D eigenvalue weighted by atomic mass is 10.1. The van der Waals surface area contributed by atoms with E-state index in [0.29, 0.717) is 33.8 Å². The Balaban J connectivity index is 1.53. The minimum atomic E-state index is -3.87. The van der Waals surface area contributed by atoms with Gasteiger partial charge in [0.05, 0.1) is 10.6 Å². The normalized spacial score (nSPS) is 11.1. The topological polar surface area (TPSA) is 78.5 Å². The van der Waals surface area contributed by atoms with Crippen LogP contribution in [0.2, 0.25) is 0 Å². The Hall–Kier alpha value is -4.17. The van der Waals surface area contributed by atoms with Crippen molar-refractivity contribution in [2.75, 3.05) is 22.0 Å². The second kappa shape index (κ2) is 9.99. The molecule has 0 aliphatic heterocycles. The molecule has 0 heterocycles. The molecule has 0 unspecified atom stereocenters. The quantitative estimate of drug-likeness (QED) is 0.335. The van der Waals surface area contributed by atoms with Crippen LogP contribution in [-0.2, 0) is 10.0 Å². The standard InChI is InChI=1S/C27H24FN3O3S/c1-19-17-24(30-27(32)29-23-8-4-3-5-9-23)15-16-26(19)31(2)35(33,34)25-10-6-7-21(18-25)20-11-13-22(28)14-12-20/h3-18H,1-2H3,(H2,29,30,32). The number of anilines is 3. The van der Waals surface area contributed by atoms with Gasteiger partial charge in [0.2, 0.25) is 0 Å². The maximum atomic E-state index is 13.4. The zero-order valence-electron chi connectivity index (χ0n) is 19.2. The van der Waals surface area contributed by atoms with Crippen LogP contribution in [0.3, 0.4) is 0 Å². The highest BCUT2D eigenvalue weighted by molar-refractivity contribution is 7.92. The largest absolute Gasteiger partial charge is 0.323 e. The second-order valence-electron chi connectivity index (χ2n) is 7.95. The maximum absolute atomic E-state index is 13.4. The Bertz CT molecular complexity index is 1460. The van der Waals surface area contributed by atoms with Crippen LogP contribution in [-0.4, -0.2) is 21.5 Å². The first kappa shape index (κ1) is 24.0. The zero-order chi connectivity index (χ0) is 25.0. The first-order chi connectivity index (χ1) is 16.7. The fraction of sp³-hybridized carbons (Fsp3) is 0.0741. The average Bonchev–Trinajstić information content (AvgIpc) is 2.85. The fourth-order valence-corrected chi connectivity index (χ4v) is 4.97. The molecular formula is C27H24FN3O3S. The van der Waals surface area contributed by atoms with Crippen molar-refractivity contribution >= 4 is 33.1 Å². The van der Waals surface area contributed by atoms with E-state index in [4.69, 9.17) is 0 Å². The lowest BCUT2D eigenvalue weighted by molar-refractivity contribution is 0.262. The molecule has 2 amide bonds. The second-order valence-corrected chi connectivity index (χ2v) is 9.92. The van der Waals surface area contributed by atoms with E-state index in [9.17, 15) is 17.6 Å². The van der Waals surface area contributed by atoms with Crippen LogP contribution >= 0.6 is 0 Å². The van der Waals surface area contributed by atoms with Gasteiger partial charge >= 0.3 is 6.03 Å². The average molecular weight is 490 g/mol. The number of sulfonamides is 1. The van der Waals surface area contributed by atoms with Crippen molar-refractivity contribution in [1.82, 2.24) is 0 Å². The number of carbonyl (C=O) groups is 1. The summed E-state index contributed by atoms with van der Waals surface area (Å²) in [6, 6.07) is 26.1. The third-order valence-electron chi connectivity index (χ3n) is 5.50. The van der Waals surface area contributed by atoms with Crippen LogP contribution in [0.1, 0.15) is 5.56 Å². The SMILES string of the molecule is Cc1cc(NC(=O)Nc2ccccc2)ccc1N(C)S(=O)(=O)c1cccc(-c2ccc(F)cc2)c1. The predicted molar refractivity (Wildman–Crippen MR) is 138 cm³/mol. The van der Waals surface area contributed by atoms with Crippen molar-refractivity contribution < 1.29 is 17.6 Å². The van der Waals surface area contributed by atoms with Crippen LogP contribution < -0.4 is 14.9 Å². The lowest BCUT2D eigenvalue weighted by Gasteiger charge is -2.22. The first-order valence-corrected chi connectivity index (χ1v) is 12.3. The summed E-state index contributed by atoms with van der Waals surface area (Å²) in [5.41, 5.74) is 3.72. The number of carbonyl (C=O) groups excluding carboxylic acids is 1. The van der Waals surface area contributed by atoms with Gasteiger partial charge < -0.3 is 10.6 Å². The molecule has 6 nitrogen and oxygen atoms in total. The van der Waals surface area contributed by atoms with Crippen molar-refractivity contribution in [1.29, 1.82) is 0 Å². The highest BCUT2D eigenvalue weighted by atomic mass is 32.2. The van der Waals surface area contributed by atoms with Gasteiger partial charge in [-0.05, 0) is 78.2 Å². The number of nitrogens with zero attached hydrogens (tertiary/aromatic N) is 1. The summed E-state index contributed by atoms with van der Waals surface area (Å²) in [5.74, 6) is -0.358. The summed E-state index contributed by atoms with van der Waals surface area (Å²) in [7, 11) is -2.39. The number of rotatable bonds is 6. The molecule has 0 fully saturated rings. The van der Waals surface area contributed by atoms with Crippen molar-refractivity contribution in [2.45, 2.75) is 11.8 Å². The number of nitrogens with one attached hydrogen (secondary N) is 2. The van der Waals surface area contributed by atoms with Crippen molar-refractivity contribution in [3.63, 3.8) is 0 Å². The summed E-state index contributed by atoms with van der Waals surface area (Å²) in [6.45, 7) is 1.77. The maximum Gasteiger partial charge on any atom is 0.323 e. The number of hydrogen-bond acceptors (Lipinski definition) is 3. The van der Waals surface area contributed by atoms with Crippen LogP contribution in [0, 0.1) is 12.7 Å². The molecule has 0 aliphatic rings. The summed E-state index contributed by atoms with van der Waals surface area (Å²) in [6.07, 6.45) is 0. The Morgan fingerprint density at radius 1 is 0.771 bits per heavy atom. The van der Waals surface area contributed by atoms with E-state index < -0.39 is 16.1 Å². The van der Waals surface area contributed by atoms with E-state index in [1.54, 1.807) is 67.6 Å². The molecule has 0 spiro atoms. The molecule has 0 saturated heterocycles. The molecule has 0 radical (unpaired) electrons. The van der Waals surface area contributed by atoms with Crippen molar-refractivity contribution in [2.24, 2.45) is 0 Å². The monoisotopic (exact) mass is 489 g/mol. The molecule has 0 saturated carbocycles. The number of halogens is 1. The fourth-order valence-electron chi connectivity index (χ4n) is 3.67. The van der Waals surface area contributed by atoms with Gasteiger partial charge in [0.25, 0.3) is 10.0 Å². The molecule has 178 valence electrons. The number of para-hydroxylation sites is 1. The Morgan fingerprint density at radius 2 is 1.46 bits per heavy atom. The van der Waals surface area contributed by atoms with Gasteiger partial charge in [-0.25, -0.2) is 17.6 Å². The Labute approximate surface area is 204 Å². The van der Waals surface area contributed by atoms with E-state index in [2.05, 4.69) is 10.6 Å². The van der Waals surface area contributed by atoms with Crippen LogP contribution in [0.15, 0.2) is 102 Å². The highest BCUT2D eigenvalue weighted by Crippen LogP contribution is 2.30. The predicted octanol–water partition coefficient (Wildman–Crippen LogP) is 6.27. The van der Waals surface area contributed by atoms with E-state index in [0.717, 1.165) is 0 Å². The summed E-state index contributed by atoms with van der Waals surface area (Å²) in [5, 5.41) is 5.49. The molecule has 4 aromatic carbocycles. The molecule has 0 aliphatic carbocycles. The summed E-state index contributed by atoms with van der Waals surface area (Å²) < 4.78 is 41.2. The van der Waals surface area contributed by atoms with E-state index in [1.165, 1.54) is 29.6 Å². The molecule has 4 rings (SSSR count). The summed E-state index contributed by atoms with van der Waals surface area (Å²) >= 11 is 0. The number of aryl methyl sites for hydroxylation is 1. The van der Waals surface area contributed by atoms with Crippen molar-refractivity contribution in [3.05, 3.63) is 108 Å². The highest BCUT2D eigenvalue weighted by Gasteiger charge is 2.23. The Kier molecular flexibility index (Phi) is 6.84. The minimum Gasteiger partial charge on any atom is -0.308 e. The van der Waals surface area contributed by atoms with Gasteiger partial charge in [0, 0.05) is 18.4 Å². The van der Waals surface area contributed by atoms with Crippen LogP contribution in [0.4, 0.5) is 26.2 Å². The minimum absolute atomic E-state index is 0.116. The molecule has 35 heavy (non-hydrogen) atoms. The van der Waals surface area contributed by atoms with E-state index in [-0.39, 0.29) is 10.7 Å². The molecule has 2 N–H and O–H groups in total. The number of hydrogen-bond donors (Lipinski definition) is 2. The van der Waals surface area contributed by atoms with E-state index in [1.807, 2.05) is 18.2 Å². The molecule has 4 aromatic rings. The van der Waals surface area contributed by atoms with Gasteiger partial charge in [-0.3, -0.25) is 4.31 Å². The van der Waals surface area contributed by atoms with Gasteiger partial charge in [0.1, 0.15) is 5.82 Å². The molecular weight excluding hydrogens is 465 g/mol. The number of benzene rings is 4. The van der Waals surface area contributed by atoms with Crippen LogP contribution in [0.5, 0.6) is 0 Å². The first-order valence-electron chi connectivity index (χ1n) is 10.8. The molecule has 0 atom stereocenters. The molecule has 0 aromatic heterocycles. The lowest BCUT2D eigenvalue weighted by Crippen LogP contribution is -2.27. The van der Waals surface area contributed by atoms with Gasteiger partial charge in [-0.2, -0.15) is 0 Å². The third-order valence-corrected chi connectivity index (χ3v) is 7.26. The van der Waals surface area contributed by atoms with E-state index >= 15 is 0 Å². The Morgan fingerprint density at radius 3 is 2.14 bits per heavy atom. The zero-order valence-corrected chi connectivity index (χ0v) is 20.0. The van der Waals surface area contributed by atoms with Crippen LogP contribution in [0.25, 0.3) is 11.1 Å². The third kappa shape index (κ3) is 5.50. The van der Waals surface area contributed by atoms with Gasteiger partial charge in [-0.15, -0.1) is 0 Å².